The molecule has 1 atom stereocenters. The van der Waals surface area contributed by atoms with E-state index >= 15 is 0 Å². The van der Waals surface area contributed by atoms with Crippen LogP contribution in [-0.4, -0.2) is 25.7 Å². The van der Waals surface area contributed by atoms with Crippen molar-refractivity contribution in [3.8, 4) is 0 Å². The Balaban J connectivity index is 2.61. The summed E-state index contributed by atoms with van der Waals surface area (Å²) in [6.45, 7) is 4.32. The average molecular weight is 268 g/mol. The van der Waals surface area contributed by atoms with Gasteiger partial charge in [-0.3, -0.25) is 4.79 Å². The molecule has 0 saturated carbocycles. The van der Waals surface area contributed by atoms with E-state index in [9.17, 15) is 4.79 Å². The number of ether oxygens (including phenoxy) is 1. The van der Waals surface area contributed by atoms with E-state index < -0.39 is 0 Å². The van der Waals surface area contributed by atoms with E-state index in [2.05, 4.69) is 11.9 Å². The Labute approximate surface area is 113 Å². The summed E-state index contributed by atoms with van der Waals surface area (Å²) in [7, 11) is 1.40. The van der Waals surface area contributed by atoms with Crippen molar-refractivity contribution in [1.82, 2.24) is 5.32 Å². The van der Waals surface area contributed by atoms with Gasteiger partial charge in [0.05, 0.1) is 13.5 Å². The summed E-state index contributed by atoms with van der Waals surface area (Å²) >= 11 is 5.84. The second-order valence-electron chi connectivity index (χ2n) is 4.00. The molecule has 1 aromatic rings. The summed E-state index contributed by atoms with van der Waals surface area (Å²) in [6, 6.07) is 7.65. The van der Waals surface area contributed by atoms with Crippen LogP contribution in [0.15, 0.2) is 36.9 Å². The minimum absolute atomic E-state index is 0.0385. The van der Waals surface area contributed by atoms with Gasteiger partial charge in [0.1, 0.15) is 0 Å². The van der Waals surface area contributed by atoms with Crippen LogP contribution in [0.4, 0.5) is 0 Å². The van der Waals surface area contributed by atoms with E-state index in [-0.39, 0.29) is 12.0 Å². The van der Waals surface area contributed by atoms with Gasteiger partial charge >= 0.3 is 5.97 Å². The highest BCUT2D eigenvalue weighted by Crippen LogP contribution is 2.12. The molecular formula is C14H18ClNO2. The Morgan fingerprint density at radius 3 is 2.72 bits per heavy atom. The fourth-order valence-corrected chi connectivity index (χ4v) is 1.78. The number of rotatable bonds is 7. The molecule has 0 saturated heterocycles. The summed E-state index contributed by atoms with van der Waals surface area (Å²) in [6.07, 6.45) is 2.86. The minimum atomic E-state index is -0.217. The Bertz CT molecular complexity index is 389. The van der Waals surface area contributed by atoms with Gasteiger partial charge in [0, 0.05) is 17.6 Å². The zero-order chi connectivity index (χ0) is 13.4. The van der Waals surface area contributed by atoms with Crippen molar-refractivity contribution in [3.05, 3.63) is 47.5 Å². The highest BCUT2D eigenvalue weighted by molar-refractivity contribution is 6.30. The molecule has 4 heteroatoms. The summed E-state index contributed by atoms with van der Waals surface area (Å²) in [5, 5.41) is 3.96. The largest absolute Gasteiger partial charge is 0.469 e. The average Bonchev–Trinajstić information content (AvgIpc) is 2.38. The molecule has 0 bridgehead atoms. The molecule has 3 nitrogen and oxygen atoms in total. The van der Waals surface area contributed by atoms with Gasteiger partial charge in [-0.15, -0.1) is 6.58 Å². The van der Waals surface area contributed by atoms with Gasteiger partial charge < -0.3 is 10.1 Å². The minimum Gasteiger partial charge on any atom is -0.469 e. The molecule has 0 aromatic heterocycles. The van der Waals surface area contributed by atoms with Crippen molar-refractivity contribution in [2.75, 3.05) is 13.7 Å². The van der Waals surface area contributed by atoms with Crippen molar-refractivity contribution in [2.45, 2.75) is 18.9 Å². The molecule has 1 aromatic carbocycles. The van der Waals surface area contributed by atoms with Crippen LogP contribution < -0.4 is 5.32 Å². The van der Waals surface area contributed by atoms with Crippen LogP contribution >= 0.6 is 11.6 Å². The molecule has 0 radical (unpaired) electrons. The van der Waals surface area contributed by atoms with Crippen LogP contribution in [0, 0.1) is 0 Å². The molecule has 0 aliphatic rings. The molecule has 0 amide bonds. The lowest BCUT2D eigenvalue weighted by molar-refractivity contribution is -0.141. The lowest BCUT2D eigenvalue weighted by Gasteiger charge is -2.16. The topological polar surface area (TPSA) is 38.3 Å². The van der Waals surface area contributed by atoms with Crippen LogP contribution in [0.5, 0.6) is 0 Å². The molecule has 0 aliphatic carbocycles. The lowest BCUT2D eigenvalue weighted by atomic mass is 10.0. The molecule has 0 aliphatic heterocycles. The standard InChI is InChI=1S/C14H18ClNO2/c1-3-8-16-13(10-14(17)18-2)9-11-4-6-12(15)7-5-11/h3-7,13,16H,1,8-10H2,2H3. The summed E-state index contributed by atoms with van der Waals surface area (Å²) in [5.41, 5.74) is 1.13. The maximum atomic E-state index is 11.3. The SMILES string of the molecule is C=CCNC(CC(=O)OC)Cc1ccc(Cl)cc1. The maximum absolute atomic E-state index is 11.3. The Morgan fingerprint density at radius 2 is 2.17 bits per heavy atom. The predicted molar refractivity (Wildman–Crippen MR) is 73.8 cm³/mol. The van der Waals surface area contributed by atoms with E-state index in [1.165, 1.54) is 7.11 Å². The number of carbonyl (C=O) groups is 1. The molecule has 1 N–H and O–H groups in total. The normalized spacial score (nSPS) is 11.9. The first-order chi connectivity index (χ1) is 8.65. The van der Waals surface area contributed by atoms with E-state index in [0.29, 0.717) is 18.0 Å². The molecular weight excluding hydrogens is 250 g/mol. The van der Waals surface area contributed by atoms with Gasteiger partial charge in [0.25, 0.3) is 0 Å². The number of halogens is 1. The van der Waals surface area contributed by atoms with Crippen molar-refractivity contribution in [3.63, 3.8) is 0 Å². The smallest absolute Gasteiger partial charge is 0.307 e. The first kappa shape index (κ1) is 14.7. The zero-order valence-corrected chi connectivity index (χ0v) is 11.2. The van der Waals surface area contributed by atoms with Crippen LogP contribution in [0.2, 0.25) is 5.02 Å². The van der Waals surface area contributed by atoms with Crippen LogP contribution in [0.25, 0.3) is 0 Å². The Kier molecular flexibility index (Phi) is 6.47. The predicted octanol–water partition coefficient (Wildman–Crippen LogP) is 2.59. The third-order valence-corrected chi connectivity index (χ3v) is 2.84. The Hall–Kier alpha value is -1.32. The number of nitrogens with one attached hydrogen (secondary N) is 1. The quantitative estimate of drug-likeness (QED) is 0.610. The van der Waals surface area contributed by atoms with Gasteiger partial charge in [0.15, 0.2) is 0 Å². The van der Waals surface area contributed by atoms with Crippen molar-refractivity contribution in [2.24, 2.45) is 0 Å². The molecule has 1 unspecified atom stereocenters. The van der Waals surface area contributed by atoms with Gasteiger partial charge in [-0.2, -0.15) is 0 Å². The van der Waals surface area contributed by atoms with E-state index in [1.807, 2.05) is 24.3 Å². The number of hydrogen-bond acceptors (Lipinski definition) is 3. The van der Waals surface area contributed by atoms with Crippen molar-refractivity contribution >= 4 is 17.6 Å². The second kappa shape index (κ2) is 7.90. The van der Waals surface area contributed by atoms with Crippen molar-refractivity contribution in [1.29, 1.82) is 0 Å². The number of methoxy groups -OCH3 is 1. The highest BCUT2D eigenvalue weighted by Gasteiger charge is 2.13. The molecule has 0 fully saturated rings. The van der Waals surface area contributed by atoms with E-state index in [4.69, 9.17) is 16.3 Å². The molecule has 18 heavy (non-hydrogen) atoms. The van der Waals surface area contributed by atoms with E-state index in [1.54, 1.807) is 6.08 Å². The first-order valence-electron chi connectivity index (χ1n) is 5.81. The van der Waals surface area contributed by atoms with Gasteiger partial charge in [-0.05, 0) is 24.1 Å². The molecule has 0 heterocycles. The number of hydrogen-bond donors (Lipinski definition) is 1. The first-order valence-corrected chi connectivity index (χ1v) is 6.19. The third kappa shape index (κ3) is 5.34. The number of esters is 1. The van der Waals surface area contributed by atoms with Gasteiger partial charge in [-0.1, -0.05) is 29.8 Å². The molecule has 0 spiro atoms. The summed E-state index contributed by atoms with van der Waals surface area (Å²) in [5.74, 6) is -0.217. The zero-order valence-electron chi connectivity index (χ0n) is 10.5. The monoisotopic (exact) mass is 267 g/mol. The van der Waals surface area contributed by atoms with Crippen LogP contribution in [-0.2, 0) is 16.0 Å². The van der Waals surface area contributed by atoms with E-state index in [0.717, 1.165) is 12.0 Å². The second-order valence-corrected chi connectivity index (χ2v) is 4.44. The molecule has 1 rings (SSSR count). The highest BCUT2D eigenvalue weighted by atomic mass is 35.5. The van der Waals surface area contributed by atoms with Gasteiger partial charge in [0.2, 0.25) is 0 Å². The van der Waals surface area contributed by atoms with Crippen LogP contribution in [0.1, 0.15) is 12.0 Å². The molecule has 98 valence electrons. The third-order valence-electron chi connectivity index (χ3n) is 2.59. The van der Waals surface area contributed by atoms with Crippen LogP contribution in [0.3, 0.4) is 0 Å². The lowest BCUT2D eigenvalue weighted by Crippen LogP contribution is -2.33. The summed E-state index contributed by atoms with van der Waals surface area (Å²) in [4.78, 5) is 11.3. The van der Waals surface area contributed by atoms with Gasteiger partial charge in [-0.25, -0.2) is 0 Å². The van der Waals surface area contributed by atoms with Crippen molar-refractivity contribution < 1.29 is 9.53 Å². The number of benzene rings is 1. The maximum Gasteiger partial charge on any atom is 0.307 e. The number of carbonyl (C=O) groups excluding carboxylic acids is 1. The fraction of sp³-hybridized carbons (Fsp3) is 0.357. The fourth-order valence-electron chi connectivity index (χ4n) is 1.66. The Morgan fingerprint density at radius 1 is 1.50 bits per heavy atom. The summed E-state index contributed by atoms with van der Waals surface area (Å²) < 4.78 is 4.69.